The van der Waals surface area contributed by atoms with Crippen LogP contribution >= 0.6 is 23.2 Å². The van der Waals surface area contributed by atoms with E-state index in [9.17, 15) is 0 Å². The van der Waals surface area contributed by atoms with Gasteiger partial charge in [-0.1, -0.05) is 23.2 Å². The van der Waals surface area contributed by atoms with Crippen LogP contribution in [0.3, 0.4) is 0 Å². The Bertz CT molecular complexity index is 361. The Kier molecular flexibility index (Phi) is 7.63. The van der Waals surface area contributed by atoms with E-state index >= 15 is 0 Å². The average Bonchev–Trinajstić information content (AvgIpc) is 2.37. The van der Waals surface area contributed by atoms with Crippen LogP contribution in [-0.2, 0) is 9.47 Å². The topological polar surface area (TPSA) is 30.5 Å². The van der Waals surface area contributed by atoms with E-state index in [2.05, 4.69) is 5.32 Å². The van der Waals surface area contributed by atoms with E-state index < -0.39 is 0 Å². The molecular formula is C13H19Cl2NO2. The van der Waals surface area contributed by atoms with Crippen molar-refractivity contribution in [2.24, 2.45) is 0 Å². The predicted octanol–water partition coefficient (Wildman–Crippen LogP) is 3.31. The van der Waals surface area contributed by atoms with E-state index in [0.29, 0.717) is 24.8 Å². The molecule has 1 rings (SSSR count). The highest BCUT2D eigenvalue weighted by atomic mass is 35.5. The molecule has 1 atom stereocenters. The summed E-state index contributed by atoms with van der Waals surface area (Å²) in [5, 5.41) is 4.63. The molecule has 0 bridgehead atoms. The van der Waals surface area contributed by atoms with Gasteiger partial charge in [0.1, 0.15) is 0 Å². The summed E-state index contributed by atoms with van der Waals surface area (Å²) in [6.45, 7) is 1.87. The second-order valence-electron chi connectivity index (χ2n) is 3.90. The van der Waals surface area contributed by atoms with Crippen LogP contribution in [0.5, 0.6) is 0 Å². The number of hydrogen-bond acceptors (Lipinski definition) is 3. The average molecular weight is 292 g/mol. The van der Waals surface area contributed by atoms with Crippen LogP contribution in [-0.4, -0.2) is 34.0 Å². The van der Waals surface area contributed by atoms with E-state index in [1.165, 1.54) is 0 Å². The van der Waals surface area contributed by atoms with Gasteiger partial charge in [-0.15, -0.1) is 0 Å². The molecule has 0 spiro atoms. The number of ether oxygens (including phenoxy) is 2. The summed E-state index contributed by atoms with van der Waals surface area (Å²) >= 11 is 12.2. The zero-order valence-electron chi connectivity index (χ0n) is 10.7. The lowest BCUT2D eigenvalue weighted by molar-refractivity contribution is 0.0661. The molecule has 1 unspecified atom stereocenters. The highest BCUT2D eigenvalue weighted by molar-refractivity contribution is 6.33. The molecule has 0 amide bonds. The number of hydrogen-bond donors (Lipinski definition) is 1. The van der Waals surface area contributed by atoms with Crippen LogP contribution in [0.1, 0.15) is 18.0 Å². The zero-order chi connectivity index (χ0) is 13.4. The minimum Gasteiger partial charge on any atom is -0.382 e. The first-order chi connectivity index (χ1) is 8.69. The van der Waals surface area contributed by atoms with Gasteiger partial charge in [0.2, 0.25) is 0 Å². The Labute approximate surface area is 118 Å². The maximum absolute atomic E-state index is 6.17. The summed E-state index contributed by atoms with van der Waals surface area (Å²) in [6.07, 6.45) is 0.834. The second-order valence-corrected chi connectivity index (χ2v) is 4.74. The lowest BCUT2D eigenvalue weighted by Gasteiger charge is -2.18. The fourth-order valence-corrected chi connectivity index (χ4v) is 2.11. The molecule has 1 aromatic carbocycles. The van der Waals surface area contributed by atoms with Crippen molar-refractivity contribution in [3.8, 4) is 0 Å². The molecule has 0 aromatic heterocycles. The second kappa shape index (κ2) is 8.73. The van der Waals surface area contributed by atoms with E-state index in [4.69, 9.17) is 32.7 Å². The Morgan fingerprint density at radius 3 is 2.67 bits per heavy atom. The van der Waals surface area contributed by atoms with Gasteiger partial charge in [0.25, 0.3) is 0 Å². The Morgan fingerprint density at radius 1 is 1.22 bits per heavy atom. The third-order valence-corrected chi connectivity index (χ3v) is 3.24. The van der Waals surface area contributed by atoms with E-state index in [0.717, 1.165) is 17.0 Å². The van der Waals surface area contributed by atoms with E-state index in [-0.39, 0.29) is 6.04 Å². The Balaban J connectivity index is 2.52. The molecular weight excluding hydrogens is 273 g/mol. The third kappa shape index (κ3) is 5.12. The molecule has 0 heterocycles. The predicted molar refractivity (Wildman–Crippen MR) is 75.6 cm³/mol. The number of methoxy groups -OCH3 is 1. The molecule has 0 radical (unpaired) electrons. The number of halogens is 2. The first-order valence-corrected chi connectivity index (χ1v) is 6.63. The fourth-order valence-electron chi connectivity index (χ4n) is 1.68. The lowest BCUT2D eigenvalue weighted by atomic mass is 10.0. The molecule has 0 aliphatic heterocycles. The van der Waals surface area contributed by atoms with Crippen LogP contribution in [0.4, 0.5) is 0 Å². The molecule has 0 aliphatic carbocycles. The summed E-state index contributed by atoms with van der Waals surface area (Å²) < 4.78 is 10.4. The van der Waals surface area contributed by atoms with Gasteiger partial charge >= 0.3 is 0 Å². The largest absolute Gasteiger partial charge is 0.382 e. The van der Waals surface area contributed by atoms with Crippen molar-refractivity contribution in [2.75, 3.05) is 34.0 Å². The highest BCUT2D eigenvalue weighted by Gasteiger charge is 2.13. The minimum absolute atomic E-state index is 0.138. The van der Waals surface area contributed by atoms with Crippen LogP contribution in [0.15, 0.2) is 18.2 Å². The van der Waals surface area contributed by atoms with Gasteiger partial charge in [-0.25, -0.2) is 0 Å². The van der Waals surface area contributed by atoms with Crippen molar-refractivity contribution in [3.05, 3.63) is 33.8 Å². The van der Waals surface area contributed by atoms with Crippen LogP contribution in [0.2, 0.25) is 10.0 Å². The zero-order valence-corrected chi connectivity index (χ0v) is 12.2. The monoisotopic (exact) mass is 291 g/mol. The molecule has 5 heteroatoms. The maximum atomic E-state index is 6.17. The summed E-state index contributed by atoms with van der Waals surface area (Å²) in [7, 11) is 3.56. The van der Waals surface area contributed by atoms with Crippen molar-refractivity contribution in [1.82, 2.24) is 5.32 Å². The molecule has 18 heavy (non-hydrogen) atoms. The SMILES string of the molecule is CNC(CCOCCOC)c1cc(Cl)ccc1Cl. The molecule has 0 aliphatic rings. The maximum Gasteiger partial charge on any atom is 0.0700 e. The van der Waals surface area contributed by atoms with Gasteiger partial charge in [0.15, 0.2) is 0 Å². The van der Waals surface area contributed by atoms with Gasteiger partial charge < -0.3 is 14.8 Å². The fraction of sp³-hybridized carbons (Fsp3) is 0.538. The Morgan fingerprint density at radius 2 is 2.00 bits per heavy atom. The van der Waals surface area contributed by atoms with Gasteiger partial charge in [0.05, 0.1) is 13.2 Å². The smallest absolute Gasteiger partial charge is 0.0700 e. The van der Waals surface area contributed by atoms with Crippen LogP contribution < -0.4 is 5.32 Å². The molecule has 0 fully saturated rings. The first kappa shape index (κ1) is 15.7. The standard InChI is InChI=1S/C13H19Cl2NO2/c1-16-13(5-6-18-8-7-17-2)11-9-10(14)3-4-12(11)15/h3-4,9,13,16H,5-8H2,1-2H3. The van der Waals surface area contributed by atoms with Crippen molar-refractivity contribution >= 4 is 23.2 Å². The van der Waals surface area contributed by atoms with Gasteiger partial charge in [-0.3, -0.25) is 0 Å². The molecule has 0 saturated carbocycles. The third-order valence-electron chi connectivity index (χ3n) is 2.66. The van der Waals surface area contributed by atoms with E-state index in [1.54, 1.807) is 13.2 Å². The van der Waals surface area contributed by atoms with Crippen LogP contribution in [0.25, 0.3) is 0 Å². The molecule has 0 saturated heterocycles. The van der Waals surface area contributed by atoms with Crippen LogP contribution in [0, 0.1) is 0 Å². The minimum atomic E-state index is 0.138. The quantitative estimate of drug-likeness (QED) is 0.746. The van der Waals surface area contributed by atoms with Crippen molar-refractivity contribution in [1.29, 1.82) is 0 Å². The summed E-state index contributed by atoms with van der Waals surface area (Å²) in [4.78, 5) is 0. The number of rotatable bonds is 8. The normalized spacial score (nSPS) is 12.7. The van der Waals surface area contributed by atoms with Gasteiger partial charge in [-0.2, -0.15) is 0 Å². The summed E-state index contributed by atoms with van der Waals surface area (Å²) in [5.41, 5.74) is 1.00. The van der Waals surface area contributed by atoms with Gasteiger partial charge in [0, 0.05) is 29.8 Å². The summed E-state index contributed by atoms with van der Waals surface area (Å²) in [6, 6.07) is 5.63. The Hall–Kier alpha value is -0.320. The summed E-state index contributed by atoms with van der Waals surface area (Å²) in [5.74, 6) is 0. The lowest BCUT2D eigenvalue weighted by Crippen LogP contribution is -2.19. The molecule has 102 valence electrons. The van der Waals surface area contributed by atoms with E-state index in [1.807, 2.05) is 19.2 Å². The first-order valence-electron chi connectivity index (χ1n) is 5.88. The molecule has 3 nitrogen and oxygen atoms in total. The number of nitrogens with one attached hydrogen (secondary N) is 1. The number of benzene rings is 1. The van der Waals surface area contributed by atoms with Crippen molar-refractivity contribution < 1.29 is 9.47 Å². The molecule has 1 N–H and O–H groups in total. The van der Waals surface area contributed by atoms with Crippen molar-refractivity contribution in [3.63, 3.8) is 0 Å². The van der Waals surface area contributed by atoms with Crippen molar-refractivity contribution in [2.45, 2.75) is 12.5 Å². The van der Waals surface area contributed by atoms with Gasteiger partial charge in [-0.05, 0) is 37.2 Å². The highest BCUT2D eigenvalue weighted by Crippen LogP contribution is 2.27. The molecule has 1 aromatic rings.